The summed E-state index contributed by atoms with van der Waals surface area (Å²) in [5.74, 6) is 6.88. The SMILES string of the molecule is CCCCCCCCCCOc1ccc(-c2ccc(C#CCCC(C)OC(=O)C(C)Cl)cc2)cc1. The zero-order chi connectivity index (χ0) is 25.3. The van der Waals surface area contributed by atoms with Gasteiger partial charge in [0.25, 0.3) is 0 Å². The van der Waals surface area contributed by atoms with Gasteiger partial charge in [0.2, 0.25) is 0 Å². The molecule has 0 aromatic heterocycles. The Kier molecular flexibility index (Phi) is 14.0. The second-order valence-electron chi connectivity index (χ2n) is 9.13. The Bertz CT molecular complexity index is 907. The number of carbonyl (C=O) groups excluding carboxylic acids is 1. The predicted molar refractivity (Wildman–Crippen MR) is 147 cm³/mol. The van der Waals surface area contributed by atoms with Crippen LogP contribution in [0.15, 0.2) is 48.5 Å². The van der Waals surface area contributed by atoms with Crippen LogP contribution in [-0.4, -0.2) is 24.1 Å². The molecule has 4 heteroatoms. The number of ether oxygens (including phenoxy) is 2. The van der Waals surface area contributed by atoms with Crippen molar-refractivity contribution < 1.29 is 14.3 Å². The molecule has 35 heavy (non-hydrogen) atoms. The van der Waals surface area contributed by atoms with Crippen LogP contribution >= 0.6 is 11.6 Å². The maximum atomic E-state index is 11.5. The number of alkyl halides is 1. The third-order valence-corrected chi connectivity index (χ3v) is 6.07. The fourth-order valence-corrected chi connectivity index (χ4v) is 3.76. The van der Waals surface area contributed by atoms with E-state index in [0.29, 0.717) is 12.8 Å². The molecule has 2 unspecified atom stereocenters. The minimum atomic E-state index is -0.620. The van der Waals surface area contributed by atoms with Crippen LogP contribution in [0.3, 0.4) is 0 Å². The number of benzene rings is 2. The average Bonchev–Trinajstić information content (AvgIpc) is 2.86. The van der Waals surface area contributed by atoms with Gasteiger partial charge < -0.3 is 9.47 Å². The highest BCUT2D eigenvalue weighted by molar-refractivity contribution is 6.29. The molecule has 190 valence electrons. The summed E-state index contributed by atoms with van der Waals surface area (Å²) in [7, 11) is 0. The Hall–Kier alpha value is -2.44. The average molecular weight is 497 g/mol. The largest absolute Gasteiger partial charge is 0.494 e. The van der Waals surface area contributed by atoms with Gasteiger partial charge in [0.1, 0.15) is 11.1 Å². The van der Waals surface area contributed by atoms with Crippen LogP contribution in [0.4, 0.5) is 0 Å². The molecule has 0 amide bonds. The van der Waals surface area contributed by atoms with E-state index in [9.17, 15) is 4.79 Å². The fourth-order valence-electron chi connectivity index (χ4n) is 3.71. The second-order valence-corrected chi connectivity index (χ2v) is 9.78. The van der Waals surface area contributed by atoms with Crippen molar-refractivity contribution in [1.29, 1.82) is 0 Å². The first-order valence-corrected chi connectivity index (χ1v) is 13.6. The van der Waals surface area contributed by atoms with Crippen LogP contribution < -0.4 is 4.74 Å². The third-order valence-electron chi connectivity index (χ3n) is 5.89. The topological polar surface area (TPSA) is 35.5 Å². The minimum Gasteiger partial charge on any atom is -0.494 e. The molecule has 0 saturated heterocycles. The van der Waals surface area contributed by atoms with Crippen LogP contribution in [0, 0.1) is 11.8 Å². The van der Waals surface area contributed by atoms with Gasteiger partial charge in [-0.25, -0.2) is 0 Å². The standard InChI is InChI=1S/C31H41ClO3/c1-4-5-6-7-8-9-10-13-24-34-30-22-20-29(21-23-30)28-18-16-27(17-19-28)15-12-11-14-25(2)35-31(33)26(3)32/h16-23,25-26H,4-11,13-14,24H2,1-3H3. The van der Waals surface area contributed by atoms with Gasteiger partial charge in [-0.1, -0.05) is 88.0 Å². The first-order valence-electron chi connectivity index (χ1n) is 13.2. The number of hydrogen-bond donors (Lipinski definition) is 0. The fraction of sp³-hybridized carbons (Fsp3) is 0.516. The summed E-state index contributed by atoms with van der Waals surface area (Å²) in [6, 6.07) is 16.6. The lowest BCUT2D eigenvalue weighted by molar-refractivity contribution is -0.147. The van der Waals surface area contributed by atoms with Gasteiger partial charge in [-0.15, -0.1) is 11.6 Å². The number of unbranched alkanes of at least 4 members (excludes halogenated alkanes) is 7. The van der Waals surface area contributed by atoms with E-state index in [1.807, 2.05) is 31.2 Å². The number of halogens is 1. The van der Waals surface area contributed by atoms with Gasteiger partial charge in [-0.05, 0) is 62.1 Å². The number of esters is 1. The number of carbonyl (C=O) groups is 1. The summed E-state index contributed by atoms with van der Waals surface area (Å²) in [5.41, 5.74) is 3.28. The molecule has 2 aromatic rings. The van der Waals surface area contributed by atoms with Crippen molar-refractivity contribution in [1.82, 2.24) is 0 Å². The first kappa shape index (κ1) is 28.8. The van der Waals surface area contributed by atoms with Crippen LogP contribution in [0.5, 0.6) is 5.75 Å². The zero-order valence-corrected chi connectivity index (χ0v) is 22.4. The highest BCUT2D eigenvalue weighted by Crippen LogP contribution is 2.23. The first-order chi connectivity index (χ1) is 17.0. The molecule has 3 nitrogen and oxygen atoms in total. The van der Waals surface area contributed by atoms with Gasteiger partial charge in [-0.2, -0.15) is 0 Å². The lowest BCUT2D eigenvalue weighted by Gasteiger charge is -2.12. The Labute approximate surface area is 217 Å². The summed E-state index contributed by atoms with van der Waals surface area (Å²) in [5, 5.41) is -0.620. The molecule has 0 saturated carbocycles. The number of rotatable bonds is 15. The van der Waals surface area contributed by atoms with Crippen molar-refractivity contribution >= 4 is 17.6 Å². The molecule has 0 N–H and O–H groups in total. The summed E-state index contributed by atoms with van der Waals surface area (Å²) in [6.45, 7) is 6.52. The van der Waals surface area contributed by atoms with Gasteiger partial charge in [0.15, 0.2) is 0 Å². The van der Waals surface area contributed by atoms with Crippen molar-refractivity contribution in [2.45, 2.75) is 96.5 Å². The van der Waals surface area contributed by atoms with E-state index in [1.165, 1.54) is 44.9 Å². The van der Waals surface area contributed by atoms with E-state index in [4.69, 9.17) is 21.1 Å². The maximum Gasteiger partial charge on any atom is 0.324 e. The van der Waals surface area contributed by atoms with Gasteiger partial charge in [-0.3, -0.25) is 4.79 Å². The summed E-state index contributed by atoms with van der Waals surface area (Å²) in [4.78, 5) is 11.5. The molecule has 0 aliphatic carbocycles. The predicted octanol–water partition coefficient (Wildman–Crippen LogP) is 8.56. The Morgan fingerprint density at radius 3 is 2.03 bits per heavy atom. The molecule has 0 aliphatic rings. The maximum absolute atomic E-state index is 11.5. The van der Waals surface area contributed by atoms with Crippen molar-refractivity contribution in [3.8, 4) is 28.7 Å². The van der Waals surface area contributed by atoms with Crippen LogP contribution in [0.25, 0.3) is 11.1 Å². The van der Waals surface area contributed by atoms with Crippen LogP contribution in [0.2, 0.25) is 0 Å². The van der Waals surface area contributed by atoms with Gasteiger partial charge in [0, 0.05) is 12.0 Å². The van der Waals surface area contributed by atoms with Crippen molar-refractivity contribution in [3.63, 3.8) is 0 Å². The van der Waals surface area contributed by atoms with Crippen molar-refractivity contribution in [2.24, 2.45) is 0 Å². The molecule has 0 bridgehead atoms. The molecular formula is C31H41ClO3. The summed E-state index contributed by atoms with van der Waals surface area (Å²) < 4.78 is 11.2. The zero-order valence-electron chi connectivity index (χ0n) is 21.7. The molecule has 0 radical (unpaired) electrons. The van der Waals surface area contributed by atoms with E-state index in [1.54, 1.807) is 6.92 Å². The third kappa shape index (κ3) is 12.2. The summed E-state index contributed by atoms with van der Waals surface area (Å²) >= 11 is 5.72. The highest BCUT2D eigenvalue weighted by atomic mass is 35.5. The normalized spacial score (nSPS) is 12.3. The monoisotopic (exact) mass is 496 g/mol. The second kappa shape index (κ2) is 17.1. The van der Waals surface area contributed by atoms with E-state index >= 15 is 0 Å². The Balaban J connectivity index is 1.69. The quantitative estimate of drug-likeness (QED) is 0.107. The Morgan fingerprint density at radius 2 is 1.43 bits per heavy atom. The molecule has 0 heterocycles. The molecule has 2 rings (SSSR count). The van der Waals surface area contributed by atoms with Gasteiger partial charge in [0.05, 0.1) is 12.7 Å². The van der Waals surface area contributed by atoms with Crippen LogP contribution in [-0.2, 0) is 9.53 Å². The molecule has 2 atom stereocenters. The molecular weight excluding hydrogens is 456 g/mol. The van der Waals surface area contributed by atoms with Crippen molar-refractivity contribution in [2.75, 3.05) is 6.61 Å². The number of hydrogen-bond acceptors (Lipinski definition) is 3. The lowest BCUT2D eigenvalue weighted by atomic mass is 10.0. The van der Waals surface area contributed by atoms with E-state index in [2.05, 4.69) is 43.0 Å². The van der Waals surface area contributed by atoms with E-state index in [-0.39, 0.29) is 12.1 Å². The molecule has 0 fully saturated rings. The minimum absolute atomic E-state index is 0.187. The molecule has 0 aliphatic heterocycles. The highest BCUT2D eigenvalue weighted by Gasteiger charge is 2.14. The summed E-state index contributed by atoms with van der Waals surface area (Å²) in [6.07, 6.45) is 11.6. The molecule has 2 aromatic carbocycles. The van der Waals surface area contributed by atoms with Gasteiger partial charge >= 0.3 is 5.97 Å². The Morgan fingerprint density at radius 1 is 0.857 bits per heavy atom. The molecule has 0 spiro atoms. The lowest BCUT2D eigenvalue weighted by Crippen LogP contribution is -2.20. The van der Waals surface area contributed by atoms with E-state index in [0.717, 1.165) is 35.5 Å². The van der Waals surface area contributed by atoms with Crippen LogP contribution in [0.1, 0.15) is 90.5 Å². The smallest absolute Gasteiger partial charge is 0.324 e. The van der Waals surface area contributed by atoms with E-state index < -0.39 is 5.38 Å². The van der Waals surface area contributed by atoms with Crippen molar-refractivity contribution in [3.05, 3.63) is 54.1 Å².